The van der Waals surface area contributed by atoms with Gasteiger partial charge in [-0.25, -0.2) is 9.78 Å². The van der Waals surface area contributed by atoms with Crippen LogP contribution in [-0.4, -0.2) is 33.3 Å². The Bertz CT molecular complexity index is 1470. The van der Waals surface area contributed by atoms with Crippen molar-refractivity contribution in [1.82, 2.24) is 14.1 Å². The van der Waals surface area contributed by atoms with Crippen molar-refractivity contribution in [3.63, 3.8) is 0 Å². The molecule has 2 aromatic heterocycles. The summed E-state index contributed by atoms with van der Waals surface area (Å²) in [4.78, 5) is 41.1. The minimum Gasteiger partial charge on any atom is -0.493 e. The molecule has 0 saturated heterocycles. The molecule has 10 nitrogen and oxygen atoms in total. The van der Waals surface area contributed by atoms with E-state index in [0.717, 1.165) is 10.1 Å². The fourth-order valence-electron chi connectivity index (χ4n) is 3.78. The molecule has 34 heavy (non-hydrogen) atoms. The third-order valence-corrected chi connectivity index (χ3v) is 5.55. The number of nitrogens with zero attached hydrogens (tertiary/aromatic N) is 4. The molecule has 0 spiro atoms. The second-order valence-corrected chi connectivity index (χ2v) is 7.56. The summed E-state index contributed by atoms with van der Waals surface area (Å²) in [6.45, 7) is 0.273. The van der Waals surface area contributed by atoms with Crippen LogP contribution in [0.2, 0.25) is 0 Å². The molecule has 0 unspecified atom stereocenters. The highest BCUT2D eigenvalue weighted by Gasteiger charge is 2.15. The molecule has 0 N–H and O–H groups in total. The van der Waals surface area contributed by atoms with E-state index in [9.17, 15) is 19.7 Å². The molecule has 174 valence electrons. The minimum absolute atomic E-state index is 0.0393. The number of hydrogen-bond acceptors (Lipinski definition) is 7. The summed E-state index contributed by atoms with van der Waals surface area (Å²) in [6, 6.07) is 14.7. The predicted octanol–water partition coefficient (Wildman–Crippen LogP) is 2.77. The number of methoxy groups -OCH3 is 2. The van der Waals surface area contributed by atoms with E-state index in [-0.39, 0.29) is 24.3 Å². The van der Waals surface area contributed by atoms with Gasteiger partial charge in [0.2, 0.25) is 0 Å². The standard InChI is InChI=1S/C24H22N4O6/c1-33-20-10-7-16(14-21(20)34-2)11-13-26-23(29)22-19(4-3-12-25-22)27(24(26)30)15-17-5-8-18(9-6-17)28(31)32/h3-10,12,14H,11,13,15H2,1-2H3. The summed E-state index contributed by atoms with van der Waals surface area (Å²) < 4.78 is 13.2. The minimum atomic E-state index is -0.483. The fraction of sp³-hybridized carbons (Fsp3) is 0.208. The molecule has 0 amide bonds. The molecule has 0 radical (unpaired) electrons. The van der Waals surface area contributed by atoms with E-state index in [1.165, 1.54) is 30.0 Å². The van der Waals surface area contributed by atoms with Crippen LogP contribution in [0.25, 0.3) is 11.0 Å². The Labute approximate surface area is 193 Å². The lowest BCUT2D eigenvalue weighted by atomic mass is 10.1. The van der Waals surface area contributed by atoms with Gasteiger partial charge in [-0.3, -0.25) is 24.0 Å². The number of ether oxygens (including phenoxy) is 2. The van der Waals surface area contributed by atoms with Gasteiger partial charge in [-0.15, -0.1) is 0 Å². The summed E-state index contributed by atoms with van der Waals surface area (Å²) in [5.41, 5.74) is 1.14. The maximum Gasteiger partial charge on any atom is 0.331 e. The van der Waals surface area contributed by atoms with Crippen LogP contribution >= 0.6 is 0 Å². The van der Waals surface area contributed by atoms with Crippen molar-refractivity contribution in [2.75, 3.05) is 14.2 Å². The Morgan fingerprint density at radius 1 is 0.941 bits per heavy atom. The van der Waals surface area contributed by atoms with E-state index in [1.54, 1.807) is 43.5 Å². The van der Waals surface area contributed by atoms with E-state index in [0.29, 0.717) is 29.0 Å². The van der Waals surface area contributed by atoms with Crippen LogP contribution in [-0.2, 0) is 19.5 Å². The average Bonchev–Trinajstić information content (AvgIpc) is 2.86. The second-order valence-electron chi connectivity index (χ2n) is 7.56. The Kier molecular flexibility index (Phi) is 6.39. The lowest BCUT2D eigenvalue weighted by Gasteiger charge is -2.14. The quantitative estimate of drug-likeness (QED) is 0.292. The van der Waals surface area contributed by atoms with Gasteiger partial charge in [0.1, 0.15) is 0 Å². The SMILES string of the molecule is COc1ccc(CCn2c(=O)c3ncccc3n(Cc3ccc([N+](=O)[O-])cc3)c2=O)cc1OC. The maximum atomic E-state index is 13.4. The Hall–Kier alpha value is -4.47. The average molecular weight is 462 g/mol. The first kappa shape index (κ1) is 22.7. The van der Waals surface area contributed by atoms with E-state index in [2.05, 4.69) is 4.98 Å². The number of hydrogen-bond donors (Lipinski definition) is 0. The monoisotopic (exact) mass is 462 g/mol. The van der Waals surface area contributed by atoms with Crippen molar-refractivity contribution in [3.8, 4) is 11.5 Å². The van der Waals surface area contributed by atoms with Gasteiger partial charge in [-0.2, -0.15) is 0 Å². The highest BCUT2D eigenvalue weighted by molar-refractivity contribution is 5.73. The summed E-state index contributed by atoms with van der Waals surface area (Å²) in [5, 5.41) is 10.9. The van der Waals surface area contributed by atoms with Crippen LogP contribution in [0.15, 0.2) is 70.4 Å². The molecule has 4 aromatic rings. The molecule has 0 fully saturated rings. The zero-order chi connectivity index (χ0) is 24.2. The van der Waals surface area contributed by atoms with E-state index >= 15 is 0 Å². The van der Waals surface area contributed by atoms with Crippen LogP contribution in [0, 0.1) is 10.1 Å². The summed E-state index contributed by atoms with van der Waals surface area (Å²) in [6.07, 6.45) is 1.91. The first-order chi connectivity index (χ1) is 16.4. The van der Waals surface area contributed by atoms with Gasteiger partial charge in [-0.1, -0.05) is 18.2 Å². The van der Waals surface area contributed by atoms with Gasteiger partial charge >= 0.3 is 5.69 Å². The van der Waals surface area contributed by atoms with E-state index in [1.807, 2.05) is 6.07 Å². The molecule has 0 aliphatic carbocycles. The van der Waals surface area contributed by atoms with Crippen molar-refractivity contribution < 1.29 is 14.4 Å². The predicted molar refractivity (Wildman–Crippen MR) is 126 cm³/mol. The molecule has 2 heterocycles. The molecule has 0 atom stereocenters. The van der Waals surface area contributed by atoms with Crippen LogP contribution in [0.3, 0.4) is 0 Å². The third kappa shape index (κ3) is 4.38. The highest BCUT2D eigenvalue weighted by atomic mass is 16.6. The Balaban J connectivity index is 1.72. The van der Waals surface area contributed by atoms with Gasteiger partial charge in [0.25, 0.3) is 11.2 Å². The lowest BCUT2D eigenvalue weighted by Crippen LogP contribution is -2.41. The largest absolute Gasteiger partial charge is 0.493 e. The second kappa shape index (κ2) is 9.57. The van der Waals surface area contributed by atoms with Crippen molar-refractivity contribution in [2.45, 2.75) is 19.5 Å². The molecule has 2 aromatic carbocycles. The molecule has 0 saturated carbocycles. The van der Waals surface area contributed by atoms with Gasteiger partial charge < -0.3 is 9.47 Å². The molecular weight excluding hydrogens is 440 g/mol. The number of fused-ring (bicyclic) bond motifs is 1. The number of pyridine rings is 1. The van der Waals surface area contributed by atoms with Gasteiger partial charge in [0, 0.05) is 24.9 Å². The zero-order valence-corrected chi connectivity index (χ0v) is 18.6. The number of aromatic nitrogens is 3. The number of nitro benzene ring substituents is 1. The van der Waals surface area contributed by atoms with Crippen molar-refractivity contribution >= 4 is 16.7 Å². The Morgan fingerprint density at radius 2 is 1.65 bits per heavy atom. The van der Waals surface area contributed by atoms with Crippen LogP contribution in [0.1, 0.15) is 11.1 Å². The van der Waals surface area contributed by atoms with Crippen LogP contribution < -0.4 is 20.7 Å². The van der Waals surface area contributed by atoms with E-state index in [4.69, 9.17) is 9.47 Å². The number of nitro groups is 1. The number of rotatable bonds is 8. The lowest BCUT2D eigenvalue weighted by molar-refractivity contribution is -0.384. The first-order valence-electron chi connectivity index (χ1n) is 10.5. The fourth-order valence-corrected chi connectivity index (χ4v) is 3.78. The van der Waals surface area contributed by atoms with Gasteiger partial charge in [0.05, 0.1) is 31.2 Å². The molecule has 0 bridgehead atoms. The molecule has 10 heteroatoms. The summed E-state index contributed by atoms with van der Waals surface area (Å²) in [5.74, 6) is 1.15. The van der Waals surface area contributed by atoms with Crippen LogP contribution in [0.4, 0.5) is 5.69 Å². The number of non-ortho nitro benzene ring substituents is 1. The molecular formula is C24H22N4O6. The normalized spacial score (nSPS) is 10.9. The summed E-state index contributed by atoms with van der Waals surface area (Å²) in [7, 11) is 3.09. The highest BCUT2D eigenvalue weighted by Crippen LogP contribution is 2.27. The van der Waals surface area contributed by atoms with Gasteiger partial charge in [-0.05, 0) is 41.8 Å². The topological polar surface area (TPSA) is 118 Å². The third-order valence-electron chi connectivity index (χ3n) is 5.55. The number of aryl methyl sites for hydroxylation is 1. The summed E-state index contributed by atoms with van der Waals surface area (Å²) >= 11 is 0. The number of benzene rings is 2. The smallest absolute Gasteiger partial charge is 0.331 e. The van der Waals surface area contributed by atoms with Crippen LogP contribution in [0.5, 0.6) is 11.5 Å². The molecule has 0 aliphatic rings. The van der Waals surface area contributed by atoms with E-state index < -0.39 is 16.2 Å². The zero-order valence-electron chi connectivity index (χ0n) is 18.6. The van der Waals surface area contributed by atoms with Crippen molar-refractivity contribution in [2.24, 2.45) is 0 Å². The molecule has 0 aliphatic heterocycles. The van der Waals surface area contributed by atoms with Crippen molar-refractivity contribution in [1.29, 1.82) is 0 Å². The maximum absolute atomic E-state index is 13.4. The first-order valence-corrected chi connectivity index (χ1v) is 10.5. The Morgan fingerprint density at radius 3 is 2.32 bits per heavy atom. The van der Waals surface area contributed by atoms with Crippen molar-refractivity contribution in [3.05, 3.63) is 103 Å². The van der Waals surface area contributed by atoms with Gasteiger partial charge in [0.15, 0.2) is 17.0 Å². The molecule has 4 rings (SSSR count).